The van der Waals surface area contributed by atoms with E-state index in [-0.39, 0.29) is 18.2 Å². The standard InChI is InChI=1S/C9H13N3O2S/c1-2-7(13)10-4-3-8(14)12-9-11-5-6-15-9/h5-6H,2-4H2,1H3,(H,10,13)(H,11,12,14). The molecule has 0 aliphatic carbocycles. The Labute approximate surface area is 91.9 Å². The molecule has 82 valence electrons. The number of anilines is 1. The molecular formula is C9H13N3O2S. The third-order valence-electron chi connectivity index (χ3n) is 1.67. The van der Waals surface area contributed by atoms with Crippen LogP contribution in [0.25, 0.3) is 0 Å². The van der Waals surface area contributed by atoms with Gasteiger partial charge in [-0.25, -0.2) is 4.98 Å². The van der Waals surface area contributed by atoms with Crippen molar-refractivity contribution in [1.29, 1.82) is 0 Å². The molecule has 0 unspecified atom stereocenters. The van der Waals surface area contributed by atoms with Crippen molar-refractivity contribution >= 4 is 28.3 Å². The molecule has 2 N–H and O–H groups in total. The first-order valence-corrected chi connectivity index (χ1v) is 5.56. The Kier molecular flexibility index (Phi) is 4.76. The van der Waals surface area contributed by atoms with Gasteiger partial charge in [-0.2, -0.15) is 0 Å². The Bertz CT molecular complexity index is 324. The third-order valence-corrected chi connectivity index (χ3v) is 2.36. The van der Waals surface area contributed by atoms with Gasteiger partial charge in [0.25, 0.3) is 0 Å². The van der Waals surface area contributed by atoms with Gasteiger partial charge in [-0.3, -0.25) is 9.59 Å². The average Bonchev–Trinajstić information content (AvgIpc) is 2.70. The van der Waals surface area contributed by atoms with Crippen molar-refractivity contribution in [2.75, 3.05) is 11.9 Å². The van der Waals surface area contributed by atoms with E-state index in [4.69, 9.17) is 0 Å². The zero-order valence-corrected chi connectivity index (χ0v) is 9.26. The molecule has 0 spiro atoms. The van der Waals surface area contributed by atoms with E-state index in [1.807, 2.05) is 0 Å². The molecule has 0 bridgehead atoms. The maximum absolute atomic E-state index is 11.3. The summed E-state index contributed by atoms with van der Waals surface area (Å²) in [5.41, 5.74) is 0. The highest BCUT2D eigenvalue weighted by atomic mass is 32.1. The quantitative estimate of drug-likeness (QED) is 0.788. The summed E-state index contributed by atoms with van der Waals surface area (Å²) in [7, 11) is 0. The first-order chi connectivity index (χ1) is 7.22. The van der Waals surface area contributed by atoms with E-state index >= 15 is 0 Å². The number of thiazole rings is 1. The van der Waals surface area contributed by atoms with Crippen LogP contribution in [0.3, 0.4) is 0 Å². The van der Waals surface area contributed by atoms with E-state index in [2.05, 4.69) is 15.6 Å². The van der Waals surface area contributed by atoms with Gasteiger partial charge in [0.2, 0.25) is 11.8 Å². The second-order valence-electron chi connectivity index (χ2n) is 2.84. The lowest BCUT2D eigenvalue weighted by molar-refractivity contribution is -0.121. The first-order valence-electron chi connectivity index (χ1n) is 4.68. The van der Waals surface area contributed by atoms with Crippen molar-refractivity contribution in [2.24, 2.45) is 0 Å². The SMILES string of the molecule is CCC(=O)NCCC(=O)Nc1nccs1. The van der Waals surface area contributed by atoms with Crippen LogP contribution in [0, 0.1) is 0 Å². The molecule has 0 fully saturated rings. The minimum absolute atomic E-state index is 0.0444. The molecule has 2 amide bonds. The van der Waals surface area contributed by atoms with Gasteiger partial charge in [0.1, 0.15) is 0 Å². The maximum Gasteiger partial charge on any atom is 0.227 e. The Hall–Kier alpha value is -1.43. The van der Waals surface area contributed by atoms with Crippen molar-refractivity contribution in [3.8, 4) is 0 Å². The van der Waals surface area contributed by atoms with Gasteiger partial charge in [-0.05, 0) is 0 Å². The third kappa shape index (κ3) is 4.55. The Morgan fingerprint density at radius 3 is 2.87 bits per heavy atom. The Morgan fingerprint density at radius 2 is 2.27 bits per heavy atom. The fraction of sp³-hybridized carbons (Fsp3) is 0.444. The summed E-state index contributed by atoms with van der Waals surface area (Å²) in [5, 5.41) is 7.63. The highest BCUT2D eigenvalue weighted by molar-refractivity contribution is 7.13. The van der Waals surface area contributed by atoms with Crippen molar-refractivity contribution in [2.45, 2.75) is 19.8 Å². The van der Waals surface area contributed by atoms with E-state index in [9.17, 15) is 9.59 Å². The lowest BCUT2D eigenvalue weighted by atomic mass is 10.4. The van der Waals surface area contributed by atoms with Crippen LogP contribution >= 0.6 is 11.3 Å². The zero-order valence-electron chi connectivity index (χ0n) is 8.45. The van der Waals surface area contributed by atoms with E-state index in [1.165, 1.54) is 11.3 Å². The predicted molar refractivity (Wildman–Crippen MR) is 58.7 cm³/mol. The number of hydrogen-bond acceptors (Lipinski definition) is 4. The van der Waals surface area contributed by atoms with Crippen molar-refractivity contribution < 1.29 is 9.59 Å². The fourth-order valence-corrected chi connectivity index (χ4v) is 1.45. The molecule has 0 aliphatic heterocycles. The van der Waals surface area contributed by atoms with Gasteiger partial charge < -0.3 is 10.6 Å². The molecule has 0 radical (unpaired) electrons. The van der Waals surface area contributed by atoms with Crippen LogP contribution in [0.5, 0.6) is 0 Å². The molecule has 0 aliphatic rings. The second-order valence-corrected chi connectivity index (χ2v) is 3.73. The summed E-state index contributed by atoms with van der Waals surface area (Å²) >= 11 is 1.37. The topological polar surface area (TPSA) is 71.1 Å². The highest BCUT2D eigenvalue weighted by Crippen LogP contribution is 2.09. The van der Waals surface area contributed by atoms with Gasteiger partial charge in [0.05, 0.1) is 0 Å². The van der Waals surface area contributed by atoms with E-state index in [1.54, 1.807) is 18.5 Å². The number of rotatable bonds is 5. The number of amides is 2. The monoisotopic (exact) mass is 227 g/mol. The van der Waals surface area contributed by atoms with Crippen LogP contribution in [0.1, 0.15) is 19.8 Å². The molecule has 0 atom stereocenters. The van der Waals surface area contributed by atoms with Gasteiger partial charge in [0, 0.05) is 31.0 Å². The molecule has 1 aromatic heterocycles. The number of nitrogens with one attached hydrogen (secondary N) is 2. The largest absolute Gasteiger partial charge is 0.356 e. The van der Waals surface area contributed by atoms with Crippen LogP contribution in [0.15, 0.2) is 11.6 Å². The molecule has 1 aromatic rings. The molecule has 1 rings (SSSR count). The van der Waals surface area contributed by atoms with Crippen molar-refractivity contribution in [3.05, 3.63) is 11.6 Å². The summed E-state index contributed by atoms with van der Waals surface area (Å²) in [6.07, 6.45) is 2.33. The van der Waals surface area contributed by atoms with Crippen LogP contribution < -0.4 is 10.6 Å². The molecule has 6 heteroatoms. The van der Waals surface area contributed by atoms with Crippen molar-refractivity contribution in [3.63, 3.8) is 0 Å². The summed E-state index contributed by atoms with van der Waals surface area (Å²) in [4.78, 5) is 26.1. The smallest absolute Gasteiger partial charge is 0.227 e. The van der Waals surface area contributed by atoms with Crippen LogP contribution in [-0.4, -0.2) is 23.3 Å². The van der Waals surface area contributed by atoms with E-state index < -0.39 is 0 Å². The molecule has 0 aromatic carbocycles. The first kappa shape index (κ1) is 11.6. The molecule has 0 saturated carbocycles. The fourth-order valence-electron chi connectivity index (χ4n) is 0.907. The van der Waals surface area contributed by atoms with Gasteiger partial charge in [0.15, 0.2) is 5.13 Å². The number of carbonyl (C=O) groups is 2. The second kappa shape index (κ2) is 6.13. The molecular weight excluding hydrogens is 214 g/mol. The van der Waals surface area contributed by atoms with E-state index in [0.717, 1.165) is 0 Å². The minimum atomic E-state index is -0.138. The predicted octanol–water partition coefficient (Wildman–Crippen LogP) is 0.998. The van der Waals surface area contributed by atoms with Crippen LogP contribution in [-0.2, 0) is 9.59 Å². The van der Waals surface area contributed by atoms with Gasteiger partial charge in [-0.1, -0.05) is 6.92 Å². The van der Waals surface area contributed by atoms with Crippen molar-refractivity contribution in [1.82, 2.24) is 10.3 Å². The maximum atomic E-state index is 11.3. The zero-order chi connectivity index (χ0) is 11.1. The molecule has 15 heavy (non-hydrogen) atoms. The van der Waals surface area contributed by atoms with Gasteiger partial charge in [-0.15, -0.1) is 11.3 Å². The summed E-state index contributed by atoms with van der Waals surface area (Å²) < 4.78 is 0. The summed E-state index contributed by atoms with van der Waals surface area (Å²) in [5.74, 6) is -0.182. The lowest BCUT2D eigenvalue weighted by Gasteiger charge is -2.03. The summed E-state index contributed by atoms with van der Waals surface area (Å²) in [6.45, 7) is 2.13. The number of nitrogens with zero attached hydrogens (tertiary/aromatic N) is 1. The van der Waals surface area contributed by atoms with E-state index in [0.29, 0.717) is 18.1 Å². The highest BCUT2D eigenvalue weighted by Gasteiger charge is 2.04. The normalized spacial score (nSPS) is 9.67. The summed E-state index contributed by atoms with van der Waals surface area (Å²) in [6, 6.07) is 0. The molecule has 0 saturated heterocycles. The van der Waals surface area contributed by atoms with Gasteiger partial charge >= 0.3 is 0 Å². The molecule has 1 heterocycles. The van der Waals surface area contributed by atoms with Crippen LogP contribution in [0.2, 0.25) is 0 Å². The van der Waals surface area contributed by atoms with Crippen LogP contribution in [0.4, 0.5) is 5.13 Å². The average molecular weight is 227 g/mol. The number of carbonyl (C=O) groups excluding carboxylic acids is 2. The lowest BCUT2D eigenvalue weighted by Crippen LogP contribution is -2.26. The Balaban J connectivity index is 2.17. The molecule has 5 nitrogen and oxygen atoms in total. The number of hydrogen-bond donors (Lipinski definition) is 2. The number of aromatic nitrogens is 1. The minimum Gasteiger partial charge on any atom is -0.356 e. The Morgan fingerprint density at radius 1 is 1.47 bits per heavy atom.